The van der Waals surface area contributed by atoms with Gasteiger partial charge in [-0.05, 0) is 26.4 Å². The standard InChI is InChI=1S/C13H18N4OS/c1-8(18)12-11(15)10(6-14)13(19-12)16-7-9-4-3-5-17(9)2/h9,16H,3-5,7,15H2,1-2H3. The molecule has 102 valence electrons. The zero-order chi connectivity index (χ0) is 14.0. The molecule has 0 radical (unpaired) electrons. The van der Waals surface area contributed by atoms with E-state index in [2.05, 4.69) is 23.3 Å². The minimum absolute atomic E-state index is 0.0926. The van der Waals surface area contributed by atoms with Crippen LogP contribution in [0.3, 0.4) is 0 Å². The summed E-state index contributed by atoms with van der Waals surface area (Å²) in [5, 5.41) is 13.1. The van der Waals surface area contributed by atoms with Crippen LogP contribution >= 0.6 is 11.3 Å². The molecule has 0 bridgehead atoms. The van der Waals surface area contributed by atoms with Gasteiger partial charge in [-0.2, -0.15) is 5.26 Å². The number of rotatable bonds is 4. The highest BCUT2D eigenvalue weighted by atomic mass is 32.1. The number of thiophene rings is 1. The van der Waals surface area contributed by atoms with Crippen molar-refractivity contribution in [2.24, 2.45) is 0 Å². The van der Waals surface area contributed by atoms with Gasteiger partial charge in [0.05, 0.1) is 10.6 Å². The minimum Gasteiger partial charge on any atom is -0.396 e. The highest BCUT2D eigenvalue weighted by molar-refractivity contribution is 7.18. The summed E-state index contributed by atoms with van der Waals surface area (Å²) in [5.74, 6) is -0.0926. The van der Waals surface area contributed by atoms with E-state index in [9.17, 15) is 4.79 Å². The largest absolute Gasteiger partial charge is 0.396 e. The molecule has 3 N–H and O–H groups in total. The molecule has 0 saturated carbocycles. The first-order chi connectivity index (χ1) is 9.04. The maximum Gasteiger partial charge on any atom is 0.171 e. The number of likely N-dealkylation sites (N-methyl/N-ethyl adjacent to an activating group) is 1. The summed E-state index contributed by atoms with van der Waals surface area (Å²) < 4.78 is 0. The molecule has 0 aliphatic carbocycles. The summed E-state index contributed by atoms with van der Waals surface area (Å²) in [7, 11) is 2.11. The van der Waals surface area contributed by atoms with Crippen molar-refractivity contribution in [3.05, 3.63) is 10.4 Å². The maximum absolute atomic E-state index is 11.4. The number of nitriles is 1. The summed E-state index contributed by atoms with van der Waals surface area (Å²) in [6, 6.07) is 2.56. The number of anilines is 2. The number of ketones is 1. The zero-order valence-corrected chi connectivity index (χ0v) is 12.0. The molecule has 1 aromatic rings. The van der Waals surface area contributed by atoms with Crippen LogP contribution in [0.15, 0.2) is 0 Å². The fraction of sp³-hybridized carbons (Fsp3) is 0.538. The van der Waals surface area contributed by atoms with Gasteiger partial charge in [0.1, 0.15) is 16.6 Å². The van der Waals surface area contributed by atoms with E-state index in [0.717, 1.165) is 19.5 Å². The van der Waals surface area contributed by atoms with Crippen molar-refractivity contribution in [2.45, 2.75) is 25.8 Å². The molecule has 2 rings (SSSR count). The number of Topliss-reactive ketones (excluding diaryl/α,β-unsaturated/α-hetero) is 1. The van der Waals surface area contributed by atoms with Crippen molar-refractivity contribution in [1.82, 2.24) is 4.90 Å². The monoisotopic (exact) mass is 278 g/mol. The molecule has 0 spiro atoms. The van der Waals surface area contributed by atoms with Gasteiger partial charge in [-0.3, -0.25) is 4.79 Å². The predicted molar refractivity (Wildman–Crippen MR) is 77.6 cm³/mol. The van der Waals surface area contributed by atoms with E-state index in [-0.39, 0.29) is 5.78 Å². The molecule has 2 heterocycles. The lowest BCUT2D eigenvalue weighted by molar-refractivity contribution is 0.102. The number of nitrogens with zero attached hydrogens (tertiary/aromatic N) is 2. The van der Waals surface area contributed by atoms with Gasteiger partial charge in [-0.1, -0.05) is 0 Å². The quantitative estimate of drug-likeness (QED) is 0.822. The lowest BCUT2D eigenvalue weighted by Gasteiger charge is -2.19. The fourth-order valence-corrected chi connectivity index (χ4v) is 3.36. The number of nitrogens with two attached hydrogens (primary N) is 1. The first-order valence-corrected chi connectivity index (χ1v) is 7.13. The van der Waals surface area contributed by atoms with E-state index in [1.54, 1.807) is 0 Å². The van der Waals surface area contributed by atoms with Crippen LogP contribution in [-0.4, -0.2) is 36.9 Å². The van der Waals surface area contributed by atoms with Crippen LogP contribution in [0.25, 0.3) is 0 Å². The van der Waals surface area contributed by atoms with Crippen molar-refractivity contribution in [2.75, 3.05) is 31.2 Å². The molecule has 0 amide bonds. The molecule has 5 nitrogen and oxygen atoms in total. The van der Waals surface area contributed by atoms with E-state index < -0.39 is 0 Å². The zero-order valence-electron chi connectivity index (χ0n) is 11.2. The van der Waals surface area contributed by atoms with Gasteiger partial charge >= 0.3 is 0 Å². The Hall–Kier alpha value is -1.58. The number of nitrogens with one attached hydrogen (secondary N) is 1. The second-order valence-electron chi connectivity index (χ2n) is 4.87. The number of hydrogen-bond acceptors (Lipinski definition) is 6. The summed E-state index contributed by atoms with van der Waals surface area (Å²) in [4.78, 5) is 14.2. The van der Waals surface area contributed by atoms with Crippen LogP contribution in [0.5, 0.6) is 0 Å². The molecule has 1 atom stereocenters. The van der Waals surface area contributed by atoms with Crippen molar-refractivity contribution in [3.8, 4) is 6.07 Å². The average molecular weight is 278 g/mol. The van der Waals surface area contributed by atoms with Crippen molar-refractivity contribution < 1.29 is 4.79 Å². The van der Waals surface area contributed by atoms with Crippen molar-refractivity contribution >= 4 is 27.8 Å². The Kier molecular flexibility index (Phi) is 4.08. The van der Waals surface area contributed by atoms with Crippen molar-refractivity contribution in [3.63, 3.8) is 0 Å². The minimum atomic E-state index is -0.0926. The second kappa shape index (κ2) is 5.59. The van der Waals surface area contributed by atoms with Crippen LogP contribution in [0.1, 0.15) is 35.0 Å². The first kappa shape index (κ1) is 13.8. The van der Waals surface area contributed by atoms with Gasteiger partial charge in [0.2, 0.25) is 0 Å². The second-order valence-corrected chi connectivity index (χ2v) is 5.90. The van der Waals surface area contributed by atoms with Gasteiger partial charge in [-0.15, -0.1) is 11.3 Å². The highest BCUT2D eigenvalue weighted by Crippen LogP contribution is 2.35. The lowest BCUT2D eigenvalue weighted by Crippen LogP contribution is -2.31. The van der Waals surface area contributed by atoms with Crippen LogP contribution in [0, 0.1) is 11.3 Å². The maximum atomic E-state index is 11.4. The Morgan fingerprint density at radius 2 is 2.42 bits per heavy atom. The van der Waals surface area contributed by atoms with E-state index in [4.69, 9.17) is 11.0 Å². The lowest BCUT2D eigenvalue weighted by atomic mass is 10.2. The smallest absolute Gasteiger partial charge is 0.171 e. The Labute approximate surface area is 117 Å². The van der Waals surface area contributed by atoms with Gasteiger partial charge in [0.15, 0.2) is 5.78 Å². The summed E-state index contributed by atoms with van der Waals surface area (Å²) in [5.41, 5.74) is 6.55. The SMILES string of the molecule is CC(=O)c1sc(NCC2CCCN2C)c(C#N)c1N. The van der Waals surface area contributed by atoms with Crippen LogP contribution in [0.2, 0.25) is 0 Å². The third kappa shape index (κ3) is 2.72. The molecular formula is C13H18N4OS. The summed E-state index contributed by atoms with van der Waals surface area (Å²) in [6.45, 7) is 3.36. The van der Waals surface area contributed by atoms with E-state index >= 15 is 0 Å². The molecule has 1 unspecified atom stereocenters. The topological polar surface area (TPSA) is 82.2 Å². The Morgan fingerprint density at radius 1 is 1.68 bits per heavy atom. The summed E-state index contributed by atoms with van der Waals surface area (Å²) in [6.07, 6.45) is 2.37. The molecule has 1 aromatic heterocycles. The van der Waals surface area contributed by atoms with E-state index in [1.165, 1.54) is 24.7 Å². The van der Waals surface area contributed by atoms with Gasteiger partial charge in [-0.25, -0.2) is 0 Å². The van der Waals surface area contributed by atoms with E-state index in [1.807, 2.05) is 0 Å². The van der Waals surface area contributed by atoms with E-state index in [0.29, 0.717) is 27.2 Å². The Morgan fingerprint density at radius 3 is 2.95 bits per heavy atom. The van der Waals surface area contributed by atoms with Crippen LogP contribution < -0.4 is 11.1 Å². The predicted octanol–water partition coefficient (Wildman–Crippen LogP) is 1.91. The van der Waals surface area contributed by atoms with Crippen LogP contribution in [-0.2, 0) is 0 Å². The number of carbonyl (C=O) groups excluding carboxylic acids is 1. The molecule has 1 saturated heterocycles. The summed E-state index contributed by atoms with van der Waals surface area (Å²) >= 11 is 1.28. The molecule has 1 aliphatic rings. The van der Waals surface area contributed by atoms with Crippen LogP contribution in [0.4, 0.5) is 10.7 Å². The molecule has 0 aromatic carbocycles. The average Bonchev–Trinajstić information content (AvgIpc) is 2.90. The Bertz CT molecular complexity index is 531. The normalized spacial score (nSPS) is 19.3. The van der Waals surface area contributed by atoms with Crippen molar-refractivity contribution in [1.29, 1.82) is 5.26 Å². The fourth-order valence-electron chi connectivity index (χ4n) is 2.39. The number of nitrogen functional groups attached to an aromatic ring is 1. The third-order valence-corrected chi connectivity index (χ3v) is 4.81. The van der Waals surface area contributed by atoms with Gasteiger partial charge in [0.25, 0.3) is 0 Å². The number of carbonyl (C=O) groups is 1. The third-order valence-electron chi connectivity index (χ3n) is 3.55. The number of likely N-dealkylation sites (tertiary alicyclic amines) is 1. The van der Waals surface area contributed by atoms with Gasteiger partial charge in [0, 0.05) is 19.5 Å². The molecular weight excluding hydrogens is 260 g/mol. The number of hydrogen-bond donors (Lipinski definition) is 2. The van der Waals surface area contributed by atoms with Gasteiger partial charge < -0.3 is 16.0 Å². The molecule has 19 heavy (non-hydrogen) atoms. The first-order valence-electron chi connectivity index (χ1n) is 6.32. The Balaban J connectivity index is 2.14. The molecule has 1 fully saturated rings. The molecule has 1 aliphatic heterocycles. The molecule has 6 heteroatoms. The highest BCUT2D eigenvalue weighted by Gasteiger charge is 2.23.